The van der Waals surface area contributed by atoms with Crippen LogP contribution in [0.5, 0.6) is 0 Å². The van der Waals surface area contributed by atoms with Gasteiger partial charge < -0.3 is 4.74 Å². The number of hydrogen-bond donors (Lipinski definition) is 0. The topological polar surface area (TPSA) is 26.3 Å². The van der Waals surface area contributed by atoms with E-state index in [0.29, 0.717) is 0 Å². The van der Waals surface area contributed by atoms with Gasteiger partial charge in [0.1, 0.15) is 6.10 Å². The summed E-state index contributed by atoms with van der Waals surface area (Å²) in [7, 11) is 0. The molecule has 0 amide bonds. The zero-order chi connectivity index (χ0) is 9.59. The predicted octanol–water partition coefficient (Wildman–Crippen LogP) is 2.53. The highest BCUT2D eigenvalue weighted by molar-refractivity contribution is 5.94. The van der Waals surface area contributed by atoms with Crippen LogP contribution in [-0.2, 0) is 4.74 Å². The number of ether oxygens (including phenoxy) is 1. The third-order valence-corrected chi connectivity index (χ3v) is 2.70. The van der Waals surface area contributed by atoms with E-state index in [2.05, 4.69) is 0 Å². The summed E-state index contributed by atoms with van der Waals surface area (Å²) < 4.78 is 5.13. The number of benzene rings is 1. The van der Waals surface area contributed by atoms with Crippen molar-refractivity contribution in [1.29, 1.82) is 0 Å². The van der Waals surface area contributed by atoms with Crippen molar-refractivity contribution in [2.75, 3.05) is 0 Å². The lowest BCUT2D eigenvalue weighted by Gasteiger charge is -2.08. The minimum Gasteiger partial charge on any atom is -0.454 e. The first-order valence-electron chi connectivity index (χ1n) is 4.42. The number of hydrogen-bond acceptors (Lipinski definition) is 2. The zero-order valence-corrected chi connectivity index (χ0v) is 8.05. The minimum absolute atomic E-state index is 0.0811. The number of esters is 1. The van der Waals surface area contributed by atoms with Gasteiger partial charge in [0.05, 0.1) is 5.56 Å². The summed E-state index contributed by atoms with van der Waals surface area (Å²) in [5.74, 6) is -0.189. The molecule has 1 aromatic rings. The molecule has 0 spiro atoms. The van der Waals surface area contributed by atoms with Crippen molar-refractivity contribution in [3.05, 3.63) is 34.4 Å². The lowest BCUT2D eigenvalue weighted by molar-refractivity contribution is 0.0421. The van der Waals surface area contributed by atoms with Gasteiger partial charge in [-0.25, -0.2) is 4.79 Å². The molecule has 13 heavy (non-hydrogen) atoms. The Hall–Kier alpha value is -1.31. The normalized spacial score (nSPS) is 19.9. The van der Waals surface area contributed by atoms with Gasteiger partial charge in [-0.1, -0.05) is 6.07 Å². The van der Waals surface area contributed by atoms with E-state index in [1.807, 2.05) is 32.9 Å². The molecule has 0 radical (unpaired) electrons. The summed E-state index contributed by atoms with van der Waals surface area (Å²) in [6.45, 7) is 5.99. The summed E-state index contributed by atoms with van der Waals surface area (Å²) in [6, 6.07) is 3.82. The highest BCUT2D eigenvalue weighted by Gasteiger charge is 2.29. The molecule has 1 aliphatic heterocycles. The summed E-state index contributed by atoms with van der Waals surface area (Å²) in [5.41, 5.74) is 4.18. The predicted molar refractivity (Wildman–Crippen MR) is 49.7 cm³/mol. The number of rotatable bonds is 0. The SMILES string of the molecule is Cc1ccc2c(c1C)C(C)OC2=O. The van der Waals surface area contributed by atoms with Crippen molar-refractivity contribution in [2.24, 2.45) is 0 Å². The number of carbonyl (C=O) groups excluding carboxylic acids is 1. The van der Waals surface area contributed by atoms with Crippen molar-refractivity contribution in [3.8, 4) is 0 Å². The molecule has 1 unspecified atom stereocenters. The fourth-order valence-electron chi connectivity index (χ4n) is 1.82. The Morgan fingerprint density at radius 3 is 2.69 bits per heavy atom. The molecule has 1 atom stereocenters. The Morgan fingerprint density at radius 2 is 2.00 bits per heavy atom. The summed E-state index contributed by atoms with van der Waals surface area (Å²) in [4.78, 5) is 11.3. The van der Waals surface area contributed by atoms with Gasteiger partial charge in [0, 0.05) is 5.56 Å². The highest BCUT2D eigenvalue weighted by atomic mass is 16.5. The molecule has 0 aliphatic carbocycles. The van der Waals surface area contributed by atoms with Crippen LogP contribution in [0.15, 0.2) is 12.1 Å². The molecule has 1 aliphatic rings. The summed E-state index contributed by atoms with van der Waals surface area (Å²) >= 11 is 0. The largest absolute Gasteiger partial charge is 0.454 e. The van der Waals surface area contributed by atoms with Gasteiger partial charge in [-0.2, -0.15) is 0 Å². The quantitative estimate of drug-likeness (QED) is 0.568. The average Bonchev–Trinajstić information content (AvgIpc) is 2.35. The molecule has 0 N–H and O–H groups in total. The molecule has 68 valence electrons. The maximum atomic E-state index is 11.3. The van der Waals surface area contributed by atoms with Crippen molar-refractivity contribution < 1.29 is 9.53 Å². The molecule has 2 nitrogen and oxygen atoms in total. The third kappa shape index (κ3) is 1.05. The number of cyclic esters (lactones) is 1. The molecule has 0 fully saturated rings. The molecule has 1 aromatic carbocycles. The van der Waals surface area contributed by atoms with Gasteiger partial charge in [-0.05, 0) is 38.0 Å². The highest BCUT2D eigenvalue weighted by Crippen LogP contribution is 2.33. The smallest absolute Gasteiger partial charge is 0.339 e. The van der Waals surface area contributed by atoms with E-state index in [4.69, 9.17) is 4.74 Å². The van der Waals surface area contributed by atoms with Crippen molar-refractivity contribution in [2.45, 2.75) is 26.9 Å². The standard InChI is InChI=1S/C11H12O2/c1-6-4-5-9-10(7(6)2)8(3)13-11(9)12/h4-5,8H,1-3H3. The van der Waals surface area contributed by atoms with Crippen LogP contribution in [0, 0.1) is 13.8 Å². The van der Waals surface area contributed by atoms with Gasteiger partial charge in [-0.15, -0.1) is 0 Å². The van der Waals surface area contributed by atoms with Crippen LogP contribution < -0.4 is 0 Å². The van der Waals surface area contributed by atoms with Crippen LogP contribution in [0.3, 0.4) is 0 Å². The average molecular weight is 176 g/mol. The van der Waals surface area contributed by atoms with E-state index >= 15 is 0 Å². The first-order valence-corrected chi connectivity index (χ1v) is 4.42. The van der Waals surface area contributed by atoms with Gasteiger partial charge >= 0.3 is 5.97 Å². The molecule has 0 saturated carbocycles. The van der Waals surface area contributed by atoms with Gasteiger partial charge in [0.2, 0.25) is 0 Å². The molecule has 0 bridgehead atoms. The molecule has 1 heterocycles. The van der Waals surface area contributed by atoms with E-state index in [1.165, 1.54) is 11.1 Å². The molecule has 2 heteroatoms. The molecule has 0 aromatic heterocycles. The van der Waals surface area contributed by atoms with Crippen LogP contribution in [0.4, 0.5) is 0 Å². The zero-order valence-electron chi connectivity index (χ0n) is 8.05. The summed E-state index contributed by atoms with van der Waals surface area (Å²) in [5, 5.41) is 0. The van der Waals surface area contributed by atoms with Crippen LogP contribution in [0.2, 0.25) is 0 Å². The van der Waals surface area contributed by atoms with E-state index in [-0.39, 0.29) is 12.1 Å². The maximum Gasteiger partial charge on any atom is 0.339 e. The second kappa shape index (κ2) is 2.59. The second-order valence-corrected chi connectivity index (χ2v) is 3.52. The Kier molecular flexibility index (Phi) is 1.65. The van der Waals surface area contributed by atoms with Crippen molar-refractivity contribution in [1.82, 2.24) is 0 Å². The molecular weight excluding hydrogens is 164 g/mol. The van der Waals surface area contributed by atoms with Crippen LogP contribution >= 0.6 is 0 Å². The molecule has 2 rings (SSSR count). The Bertz CT molecular complexity index is 380. The number of aryl methyl sites for hydroxylation is 1. The van der Waals surface area contributed by atoms with Gasteiger partial charge in [0.15, 0.2) is 0 Å². The second-order valence-electron chi connectivity index (χ2n) is 3.52. The lowest BCUT2D eigenvalue weighted by atomic mass is 9.96. The van der Waals surface area contributed by atoms with Crippen LogP contribution in [0.1, 0.15) is 40.1 Å². The van der Waals surface area contributed by atoms with Gasteiger partial charge in [-0.3, -0.25) is 0 Å². The monoisotopic (exact) mass is 176 g/mol. The van der Waals surface area contributed by atoms with E-state index < -0.39 is 0 Å². The number of carbonyl (C=O) groups is 1. The Balaban J connectivity index is 2.70. The van der Waals surface area contributed by atoms with Crippen LogP contribution in [0.25, 0.3) is 0 Å². The van der Waals surface area contributed by atoms with Crippen LogP contribution in [-0.4, -0.2) is 5.97 Å². The fourth-order valence-corrected chi connectivity index (χ4v) is 1.82. The van der Waals surface area contributed by atoms with E-state index in [1.54, 1.807) is 0 Å². The van der Waals surface area contributed by atoms with Crippen molar-refractivity contribution >= 4 is 5.97 Å². The first kappa shape index (κ1) is 8.30. The minimum atomic E-state index is -0.189. The fraction of sp³-hybridized carbons (Fsp3) is 0.364. The van der Waals surface area contributed by atoms with E-state index in [9.17, 15) is 4.79 Å². The lowest BCUT2D eigenvalue weighted by Crippen LogP contribution is -1.95. The molecule has 0 saturated heterocycles. The molecular formula is C11H12O2. The van der Waals surface area contributed by atoms with Gasteiger partial charge in [0.25, 0.3) is 0 Å². The third-order valence-electron chi connectivity index (χ3n) is 2.70. The summed E-state index contributed by atoms with van der Waals surface area (Å²) in [6.07, 6.45) is -0.0811. The number of fused-ring (bicyclic) bond motifs is 1. The maximum absolute atomic E-state index is 11.3. The Morgan fingerprint density at radius 1 is 1.31 bits per heavy atom. The van der Waals surface area contributed by atoms with E-state index in [0.717, 1.165) is 11.1 Å². The Labute approximate surface area is 77.5 Å². The first-order chi connectivity index (χ1) is 6.11. The van der Waals surface area contributed by atoms with Crippen molar-refractivity contribution in [3.63, 3.8) is 0 Å².